The number of benzene rings is 1. The Morgan fingerprint density at radius 1 is 1.39 bits per heavy atom. The van der Waals surface area contributed by atoms with Crippen LogP contribution in [0.3, 0.4) is 0 Å². The molecule has 0 aliphatic carbocycles. The molecule has 0 aliphatic heterocycles. The molecule has 1 aromatic carbocycles. The van der Waals surface area contributed by atoms with Crippen molar-refractivity contribution in [2.45, 2.75) is 19.5 Å². The maximum Gasteiger partial charge on any atom is 0.0474 e. The summed E-state index contributed by atoms with van der Waals surface area (Å²) in [5.41, 5.74) is 2.63. The molecule has 0 bridgehead atoms. The molecule has 0 atom stereocenters. The number of methoxy groups -OCH3 is 1. The average Bonchev–Trinajstić information content (AvgIpc) is 2.33. The highest BCUT2D eigenvalue weighted by atomic mass is 79.9. The first kappa shape index (κ1) is 15.6. The second-order valence-corrected chi connectivity index (χ2v) is 5.39. The summed E-state index contributed by atoms with van der Waals surface area (Å²) >= 11 is 3.65. The molecule has 0 amide bonds. The summed E-state index contributed by atoms with van der Waals surface area (Å²) in [4.78, 5) is 2.32. The van der Waals surface area contributed by atoms with Gasteiger partial charge in [-0.1, -0.05) is 28.1 Å². The Morgan fingerprint density at radius 3 is 2.78 bits per heavy atom. The van der Waals surface area contributed by atoms with Crippen molar-refractivity contribution in [1.82, 2.24) is 10.2 Å². The minimum absolute atomic E-state index is 0.826. The van der Waals surface area contributed by atoms with Gasteiger partial charge in [0.05, 0.1) is 0 Å². The number of hydrogen-bond acceptors (Lipinski definition) is 3. The van der Waals surface area contributed by atoms with Crippen molar-refractivity contribution in [2.75, 3.05) is 34.4 Å². The van der Waals surface area contributed by atoms with Crippen LogP contribution in [0.4, 0.5) is 0 Å². The normalized spacial score (nSPS) is 11.2. The Kier molecular flexibility index (Phi) is 7.51. The largest absolute Gasteiger partial charge is 0.385 e. The zero-order chi connectivity index (χ0) is 13.4. The van der Waals surface area contributed by atoms with Crippen molar-refractivity contribution in [3.8, 4) is 0 Å². The van der Waals surface area contributed by atoms with Crippen LogP contribution >= 0.6 is 15.9 Å². The van der Waals surface area contributed by atoms with E-state index < -0.39 is 0 Å². The first-order chi connectivity index (χ1) is 8.67. The van der Waals surface area contributed by atoms with Gasteiger partial charge in [0.1, 0.15) is 0 Å². The summed E-state index contributed by atoms with van der Waals surface area (Å²) in [6.45, 7) is 3.75. The monoisotopic (exact) mass is 314 g/mol. The molecular formula is C14H23BrN2O. The maximum atomic E-state index is 5.07. The molecule has 0 aliphatic rings. The molecule has 0 saturated heterocycles. The van der Waals surface area contributed by atoms with Crippen LogP contribution in [-0.2, 0) is 17.8 Å². The van der Waals surface area contributed by atoms with E-state index in [1.807, 2.05) is 7.05 Å². The van der Waals surface area contributed by atoms with Gasteiger partial charge in [-0.3, -0.25) is 0 Å². The molecule has 1 aromatic rings. The molecule has 0 spiro atoms. The summed E-state index contributed by atoms with van der Waals surface area (Å²) in [6.07, 6.45) is 1.07. The third kappa shape index (κ3) is 5.48. The van der Waals surface area contributed by atoms with Crippen molar-refractivity contribution in [2.24, 2.45) is 0 Å². The highest BCUT2D eigenvalue weighted by molar-refractivity contribution is 9.10. The highest BCUT2D eigenvalue weighted by Crippen LogP contribution is 2.20. The van der Waals surface area contributed by atoms with E-state index in [2.05, 4.69) is 51.4 Å². The molecule has 0 radical (unpaired) electrons. The van der Waals surface area contributed by atoms with Crippen LogP contribution in [0, 0.1) is 0 Å². The quantitative estimate of drug-likeness (QED) is 0.747. The van der Waals surface area contributed by atoms with Gasteiger partial charge in [-0.05, 0) is 37.7 Å². The van der Waals surface area contributed by atoms with Gasteiger partial charge in [0, 0.05) is 37.8 Å². The van der Waals surface area contributed by atoms with Crippen LogP contribution in [0.2, 0.25) is 0 Å². The fourth-order valence-corrected chi connectivity index (χ4v) is 2.43. The molecule has 18 heavy (non-hydrogen) atoms. The summed E-state index contributed by atoms with van der Waals surface area (Å²) in [6, 6.07) is 6.57. The number of nitrogens with zero attached hydrogens (tertiary/aromatic N) is 1. The van der Waals surface area contributed by atoms with Gasteiger partial charge >= 0.3 is 0 Å². The summed E-state index contributed by atoms with van der Waals surface area (Å²) < 4.78 is 6.25. The molecule has 0 aromatic heterocycles. The van der Waals surface area contributed by atoms with E-state index in [9.17, 15) is 0 Å². The van der Waals surface area contributed by atoms with E-state index in [0.29, 0.717) is 0 Å². The minimum atomic E-state index is 0.826. The molecule has 3 nitrogen and oxygen atoms in total. The molecule has 0 heterocycles. The molecule has 102 valence electrons. The molecule has 4 heteroatoms. The topological polar surface area (TPSA) is 24.5 Å². The molecule has 0 fully saturated rings. The lowest BCUT2D eigenvalue weighted by atomic mass is 10.1. The first-order valence-electron chi connectivity index (χ1n) is 6.26. The predicted octanol–water partition coefficient (Wildman–Crippen LogP) is 2.64. The smallest absolute Gasteiger partial charge is 0.0474 e. The van der Waals surface area contributed by atoms with Gasteiger partial charge in [-0.15, -0.1) is 0 Å². The lowest BCUT2D eigenvalue weighted by molar-refractivity contribution is 0.178. The molecule has 0 saturated carbocycles. The molecule has 1 rings (SSSR count). The van der Waals surface area contributed by atoms with Crippen LogP contribution in [0.5, 0.6) is 0 Å². The Bertz CT molecular complexity index is 358. The summed E-state index contributed by atoms with van der Waals surface area (Å²) in [5, 5.41) is 3.16. The molecule has 1 N–H and O–H groups in total. The van der Waals surface area contributed by atoms with Gasteiger partial charge in [0.2, 0.25) is 0 Å². The fraction of sp³-hybridized carbons (Fsp3) is 0.571. The number of hydrogen-bond donors (Lipinski definition) is 1. The van der Waals surface area contributed by atoms with Gasteiger partial charge in [-0.2, -0.15) is 0 Å². The van der Waals surface area contributed by atoms with E-state index in [0.717, 1.165) is 32.7 Å². The Balaban J connectivity index is 2.51. The third-order valence-electron chi connectivity index (χ3n) is 2.83. The van der Waals surface area contributed by atoms with Gasteiger partial charge < -0.3 is 15.0 Å². The zero-order valence-electron chi connectivity index (χ0n) is 11.5. The van der Waals surface area contributed by atoms with Gasteiger partial charge in [0.25, 0.3) is 0 Å². The summed E-state index contributed by atoms with van der Waals surface area (Å²) in [7, 11) is 5.85. The lowest BCUT2D eigenvalue weighted by Crippen LogP contribution is -2.20. The Morgan fingerprint density at radius 2 is 2.17 bits per heavy atom. The van der Waals surface area contributed by atoms with Crippen LogP contribution < -0.4 is 5.32 Å². The second kappa shape index (κ2) is 8.64. The van der Waals surface area contributed by atoms with Crippen molar-refractivity contribution in [3.05, 3.63) is 33.8 Å². The van der Waals surface area contributed by atoms with E-state index in [1.165, 1.54) is 15.6 Å². The second-order valence-electron chi connectivity index (χ2n) is 4.54. The number of halogens is 1. The lowest BCUT2D eigenvalue weighted by Gasteiger charge is -2.17. The first-order valence-corrected chi connectivity index (χ1v) is 7.06. The number of rotatable bonds is 8. The zero-order valence-corrected chi connectivity index (χ0v) is 13.1. The Labute approximate surface area is 119 Å². The van der Waals surface area contributed by atoms with Crippen molar-refractivity contribution >= 4 is 15.9 Å². The SMILES string of the molecule is CNCc1ccc(CN(C)CCCOC)c(Br)c1. The molecular weight excluding hydrogens is 292 g/mol. The van der Waals surface area contributed by atoms with Crippen LogP contribution in [-0.4, -0.2) is 39.3 Å². The van der Waals surface area contributed by atoms with E-state index in [4.69, 9.17) is 4.74 Å². The van der Waals surface area contributed by atoms with E-state index >= 15 is 0 Å². The van der Waals surface area contributed by atoms with Crippen molar-refractivity contribution < 1.29 is 4.74 Å². The number of nitrogens with one attached hydrogen (secondary N) is 1. The predicted molar refractivity (Wildman–Crippen MR) is 79.7 cm³/mol. The average molecular weight is 315 g/mol. The van der Waals surface area contributed by atoms with Crippen LogP contribution in [0.15, 0.2) is 22.7 Å². The highest BCUT2D eigenvalue weighted by Gasteiger charge is 2.05. The van der Waals surface area contributed by atoms with Crippen molar-refractivity contribution in [3.63, 3.8) is 0 Å². The number of ether oxygens (including phenoxy) is 1. The minimum Gasteiger partial charge on any atom is -0.385 e. The van der Waals surface area contributed by atoms with Crippen LogP contribution in [0.25, 0.3) is 0 Å². The standard InChI is InChI=1S/C14H23BrN2O/c1-16-10-12-5-6-13(14(15)9-12)11-17(2)7-4-8-18-3/h5-6,9,16H,4,7-8,10-11H2,1-3H3. The van der Waals surface area contributed by atoms with E-state index in [1.54, 1.807) is 7.11 Å². The van der Waals surface area contributed by atoms with Gasteiger partial charge in [-0.25, -0.2) is 0 Å². The Hall–Kier alpha value is -0.420. The summed E-state index contributed by atoms with van der Waals surface area (Å²) in [5.74, 6) is 0. The molecule has 0 unspecified atom stereocenters. The third-order valence-corrected chi connectivity index (χ3v) is 3.57. The van der Waals surface area contributed by atoms with Gasteiger partial charge in [0.15, 0.2) is 0 Å². The van der Waals surface area contributed by atoms with E-state index in [-0.39, 0.29) is 0 Å². The van der Waals surface area contributed by atoms with Crippen molar-refractivity contribution in [1.29, 1.82) is 0 Å². The van der Waals surface area contributed by atoms with Crippen LogP contribution in [0.1, 0.15) is 17.5 Å². The maximum absolute atomic E-state index is 5.07. The fourth-order valence-electron chi connectivity index (χ4n) is 1.88.